The molecule has 104 valence electrons. The minimum Gasteiger partial charge on any atom is -0.478 e. The van der Waals surface area contributed by atoms with Crippen molar-refractivity contribution < 1.29 is 23.1 Å². The van der Waals surface area contributed by atoms with E-state index >= 15 is 0 Å². The van der Waals surface area contributed by atoms with Crippen LogP contribution in [0.15, 0.2) is 42.5 Å². The Balaban J connectivity index is 2.59. The Labute approximate surface area is 113 Å². The highest BCUT2D eigenvalue weighted by molar-refractivity contribution is 5.90. The highest BCUT2D eigenvalue weighted by Gasteiger charge is 2.33. The van der Waals surface area contributed by atoms with E-state index in [1.54, 1.807) is 6.92 Å². The third-order valence-electron chi connectivity index (χ3n) is 3.00. The average molecular weight is 280 g/mol. The van der Waals surface area contributed by atoms with Crippen molar-refractivity contribution in [1.29, 1.82) is 0 Å². The monoisotopic (exact) mass is 280 g/mol. The summed E-state index contributed by atoms with van der Waals surface area (Å²) in [5, 5.41) is 8.93. The van der Waals surface area contributed by atoms with Crippen molar-refractivity contribution in [1.82, 2.24) is 0 Å². The number of benzene rings is 2. The summed E-state index contributed by atoms with van der Waals surface area (Å²) in [5.74, 6) is -1.10. The lowest BCUT2D eigenvalue weighted by atomic mass is 9.96. The fraction of sp³-hybridized carbons (Fsp3) is 0.133. The van der Waals surface area contributed by atoms with Crippen LogP contribution in [0.25, 0.3) is 11.1 Å². The van der Waals surface area contributed by atoms with E-state index in [1.807, 2.05) is 0 Å². The molecule has 0 aliphatic heterocycles. The Bertz CT molecular complexity index is 660. The SMILES string of the molecule is Cc1cc(-c2ccccc2C(F)(F)F)ccc1C(=O)O. The van der Waals surface area contributed by atoms with Gasteiger partial charge in [0.2, 0.25) is 0 Å². The maximum absolute atomic E-state index is 12.9. The molecule has 2 rings (SSSR count). The molecule has 0 saturated carbocycles. The molecule has 2 aromatic rings. The van der Waals surface area contributed by atoms with E-state index in [1.165, 1.54) is 36.4 Å². The smallest absolute Gasteiger partial charge is 0.417 e. The minimum atomic E-state index is -4.45. The van der Waals surface area contributed by atoms with E-state index in [0.717, 1.165) is 6.07 Å². The molecule has 0 aliphatic rings. The van der Waals surface area contributed by atoms with E-state index in [9.17, 15) is 18.0 Å². The van der Waals surface area contributed by atoms with Gasteiger partial charge in [-0.1, -0.05) is 30.3 Å². The molecule has 0 heterocycles. The summed E-state index contributed by atoms with van der Waals surface area (Å²) in [7, 11) is 0. The molecule has 2 aromatic carbocycles. The third-order valence-corrected chi connectivity index (χ3v) is 3.00. The Morgan fingerprint density at radius 3 is 2.30 bits per heavy atom. The Morgan fingerprint density at radius 2 is 1.75 bits per heavy atom. The number of aromatic carboxylic acids is 1. The summed E-state index contributed by atoms with van der Waals surface area (Å²) < 4.78 is 38.8. The van der Waals surface area contributed by atoms with Crippen molar-refractivity contribution in [3.63, 3.8) is 0 Å². The number of rotatable bonds is 2. The summed E-state index contributed by atoms with van der Waals surface area (Å²) in [5.41, 5.74) is 0.160. The van der Waals surface area contributed by atoms with Crippen molar-refractivity contribution in [2.45, 2.75) is 13.1 Å². The normalized spacial score (nSPS) is 11.4. The molecule has 0 bridgehead atoms. The van der Waals surface area contributed by atoms with Gasteiger partial charge in [-0.25, -0.2) is 4.79 Å². The van der Waals surface area contributed by atoms with Gasteiger partial charge in [0.15, 0.2) is 0 Å². The summed E-state index contributed by atoms with van der Waals surface area (Å²) in [6, 6.07) is 9.39. The third kappa shape index (κ3) is 2.66. The highest BCUT2D eigenvalue weighted by atomic mass is 19.4. The molecule has 0 atom stereocenters. The van der Waals surface area contributed by atoms with Crippen molar-refractivity contribution in [3.8, 4) is 11.1 Å². The number of carbonyl (C=O) groups is 1. The number of carboxylic acids is 1. The first-order chi connectivity index (χ1) is 9.30. The van der Waals surface area contributed by atoms with Gasteiger partial charge >= 0.3 is 12.1 Å². The molecule has 0 aromatic heterocycles. The van der Waals surface area contributed by atoms with E-state index < -0.39 is 17.7 Å². The topological polar surface area (TPSA) is 37.3 Å². The molecule has 1 N–H and O–H groups in total. The fourth-order valence-electron chi connectivity index (χ4n) is 2.05. The first kappa shape index (κ1) is 14.1. The molecule has 0 unspecified atom stereocenters. The van der Waals surface area contributed by atoms with Gasteiger partial charge in [-0.15, -0.1) is 0 Å². The molecule has 2 nitrogen and oxygen atoms in total. The largest absolute Gasteiger partial charge is 0.478 e. The first-order valence-electron chi connectivity index (χ1n) is 5.81. The summed E-state index contributed by atoms with van der Waals surface area (Å²) in [6.07, 6.45) is -4.45. The number of aryl methyl sites for hydroxylation is 1. The molecule has 0 radical (unpaired) electrons. The van der Waals surface area contributed by atoms with E-state index in [4.69, 9.17) is 5.11 Å². The van der Waals surface area contributed by atoms with E-state index in [-0.39, 0.29) is 11.1 Å². The molecule has 0 saturated heterocycles. The summed E-state index contributed by atoms with van der Waals surface area (Å²) in [4.78, 5) is 10.9. The lowest BCUT2D eigenvalue weighted by molar-refractivity contribution is -0.137. The maximum Gasteiger partial charge on any atom is 0.417 e. The second kappa shape index (κ2) is 5.00. The number of hydrogen-bond donors (Lipinski definition) is 1. The second-order valence-electron chi connectivity index (χ2n) is 4.38. The molecule has 0 amide bonds. The summed E-state index contributed by atoms with van der Waals surface area (Å²) >= 11 is 0. The van der Waals surface area contributed by atoms with Crippen LogP contribution in [0.3, 0.4) is 0 Å². The lowest BCUT2D eigenvalue weighted by Crippen LogP contribution is -2.07. The van der Waals surface area contributed by atoms with Crippen molar-refractivity contribution in [2.75, 3.05) is 0 Å². The molecule has 0 fully saturated rings. The molecular weight excluding hydrogens is 269 g/mol. The molecule has 0 aliphatic carbocycles. The van der Waals surface area contributed by atoms with Crippen LogP contribution in [0.5, 0.6) is 0 Å². The van der Waals surface area contributed by atoms with Crippen LogP contribution in [-0.2, 0) is 6.18 Å². The highest BCUT2D eigenvalue weighted by Crippen LogP contribution is 2.37. The van der Waals surface area contributed by atoms with Crippen LogP contribution >= 0.6 is 0 Å². The van der Waals surface area contributed by atoms with Gasteiger partial charge in [0.1, 0.15) is 0 Å². The number of hydrogen-bond acceptors (Lipinski definition) is 1. The van der Waals surface area contributed by atoms with Crippen molar-refractivity contribution in [2.24, 2.45) is 0 Å². The molecule has 5 heteroatoms. The van der Waals surface area contributed by atoms with Gasteiger partial charge in [0, 0.05) is 0 Å². The molecule has 20 heavy (non-hydrogen) atoms. The van der Waals surface area contributed by atoms with Crippen molar-refractivity contribution in [3.05, 3.63) is 59.2 Å². The van der Waals surface area contributed by atoms with Crippen molar-refractivity contribution >= 4 is 5.97 Å². The van der Waals surface area contributed by atoms with E-state index in [2.05, 4.69) is 0 Å². The average Bonchev–Trinajstić information content (AvgIpc) is 2.37. The second-order valence-corrected chi connectivity index (χ2v) is 4.38. The first-order valence-corrected chi connectivity index (χ1v) is 5.81. The zero-order valence-electron chi connectivity index (χ0n) is 10.5. The predicted molar refractivity (Wildman–Crippen MR) is 68.6 cm³/mol. The van der Waals surface area contributed by atoms with E-state index in [0.29, 0.717) is 11.1 Å². The number of alkyl halides is 3. The fourth-order valence-corrected chi connectivity index (χ4v) is 2.05. The van der Waals surface area contributed by atoms with Gasteiger partial charge < -0.3 is 5.11 Å². The van der Waals surface area contributed by atoms with Gasteiger partial charge in [-0.2, -0.15) is 13.2 Å². The maximum atomic E-state index is 12.9. The van der Waals surface area contributed by atoms with Crippen LogP contribution in [0.2, 0.25) is 0 Å². The summed E-state index contributed by atoms with van der Waals surface area (Å²) in [6.45, 7) is 1.56. The van der Waals surface area contributed by atoms with Crippen LogP contribution in [0.1, 0.15) is 21.5 Å². The van der Waals surface area contributed by atoms with Crippen LogP contribution in [0, 0.1) is 6.92 Å². The zero-order chi connectivity index (χ0) is 14.9. The molecule has 0 spiro atoms. The number of halogens is 3. The van der Waals surface area contributed by atoms with Crippen LogP contribution in [0.4, 0.5) is 13.2 Å². The van der Waals surface area contributed by atoms with Crippen LogP contribution < -0.4 is 0 Å². The van der Waals surface area contributed by atoms with Gasteiger partial charge in [0.05, 0.1) is 11.1 Å². The van der Waals surface area contributed by atoms with Gasteiger partial charge in [0.25, 0.3) is 0 Å². The molecular formula is C15H11F3O2. The Morgan fingerprint density at radius 1 is 1.10 bits per heavy atom. The van der Waals surface area contributed by atoms with Gasteiger partial charge in [-0.05, 0) is 35.7 Å². The number of carboxylic acid groups (broad SMARTS) is 1. The quantitative estimate of drug-likeness (QED) is 0.886. The van der Waals surface area contributed by atoms with Gasteiger partial charge in [-0.3, -0.25) is 0 Å². The Hall–Kier alpha value is -2.30. The minimum absolute atomic E-state index is 0.0417. The standard InChI is InChI=1S/C15H11F3O2/c1-9-8-10(6-7-11(9)14(19)20)12-4-2-3-5-13(12)15(16,17)18/h2-8H,1H3,(H,19,20). The predicted octanol–water partition coefficient (Wildman–Crippen LogP) is 4.38. The zero-order valence-corrected chi connectivity index (χ0v) is 10.5. The lowest BCUT2D eigenvalue weighted by Gasteiger charge is -2.13. The van der Waals surface area contributed by atoms with Crippen LogP contribution in [-0.4, -0.2) is 11.1 Å². The Kier molecular flexibility index (Phi) is 3.53.